The molecule has 0 aliphatic carbocycles. The van der Waals surface area contributed by atoms with Crippen LogP contribution in [0.2, 0.25) is 0 Å². The van der Waals surface area contributed by atoms with Crippen molar-refractivity contribution in [3.63, 3.8) is 0 Å². The van der Waals surface area contributed by atoms with E-state index in [1.807, 2.05) is 41.1 Å². The largest absolute Gasteiger partial charge is 0.489 e. The van der Waals surface area contributed by atoms with E-state index in [0.717, 1.165) is 22.4 Å². The Bertz CT molecular complexity index is 1160. The molecule has 3 aromatic heterocycles. The molecule has 5 rings (SSSR count). The molecule has 1 aliphatic heterocycles. The molecule has 0 spiro atoms. The van der Waals surface area contributed by atoms with E-state index in [1.165, 1.54) is 11.2 Å². The highest BCUT2D eigenvalue weighted by atomic mass is 16.5. The molecule has 1 amide bonds. The molecule has 0 bridgehead atoms. The maximum Gasteiger partial charge on any atom is 0.407 e. The van der Waals surface area contributed by atoms with Crippen LogP contribution < -0.4 is 4.74 Å². The fourth-order valence-electron chi connectivity index (χ4n) is 3.76. The number of ether oxygens (including phenoxy) is 1. The first-order chi connectivity index (χ1) is 14.7. The van der Waals surface area contributed by atoms with Gasteiger partial charge < -0.3 is 19.3 Å². The second kappa shape index (κ2) is 7.51. The summed E-state index contributed by atoms with van der Waals surface area (Å²) in [4.78, 5) is 21.0. The van der Waals surface area contributed by atoms with Crippen molar-refractivity contribution >= 4 is 17.0 Å². The van der Waals surface area contributed by atoms with Crippen molar-refractivity contribution in [3.8, 4) is 17.3 Å². The number of pyridine rings is 1. The Morgan fingerprint density at radius 2 is 2.00 bits per heavy atom. The van der Waals surface area contributed by atoms with Gasteiger partial charge in [-0.2, -0.15) is 5.10 Å². The first-order valence-electron chi connectivity index (χ1n) is 9.74. The van der Waals surface area contributed by atoms with Gasteiger partial charge in [-0.15, -0.1) is 0 Å². The van der Waals surface area contributed by atoms with Gasteiger partial charge in [-0.1, -0.05) is 0 Å². The quantitative estimate of drug-likeness (QED) is 0.561. The number of fused-ring (bicyclic) bond motifs is 1. The topological polar surface area (TPSA) is 98.3 Å². The second-order valence-electron chi connectivity index (χ2n) is 7.21. The Hall–Kier alpha value is -3.88. The minimum absolute atomic E-state index is 0.0101. The van der Waals surface area contributed by atoms with Crippen molar-refractivity contribution in [3.05, 3.63) is 61.4 Å². The van der Waals surface area contributed by atoms with Gasteiger partial charge in [0, 0.05) is 37.5 Å². The van der Waals surface area contributed by atoms with Gasteiger partial charge in [-0.25, -0.2) is 19.4 Å². The third kappa shape index (κ3) is 3.45. The van der Waals surface area contributed by atoms with Gasteiger partial charge in [0.2, 0.25) is 0 Å². The Labute approximate surface area is 172 Å². The lowest BCUT2D eigenvalue weighted by atomic mass is 10.1. The van der Waals surface area contributed by atoms with Crippen LogP contribution >= 0.6 is 0 Å². The number of carbonyl (C=O) groups is 1. The lowest BCUT2D eigenvalue weighted by Gasteiger charge is -2.30. The second-order valence-corrected chi connectivity index (χ2v) is 7.21. The zero-order valence-electron chi connectivity index (χ0n) is 16.1. The predicted molar refractivity (Wildman–Crippen MR) is 109 cm³/mol. The summed E-state index contributed by atoms with van der Waals surface area (Å²) in [5.41, 5.74) is 1.99. The third-order valence-corrected chi connectivity index (χ3v) is 5.34. The summed E-state index contributed by atoms with van der Waals surface area (Å²) in [6, 6.07) is 12.0. The number of aromatic nitrogens is 5. The first-order valence-corrected chi connectivity index (χ1v) is 9.74. The maximum absolute atomic E-state index is 11.0. The van der Waals surface area contributed by atoms with Crippen molar-refractivity contribution in [1.29, 1.82) is 0 Å². The Morgan fingerprint density at radius 1 is 1.13 bits per heavy atom. The fourth-order valence-corrected chi connectivity index (χ4v) is 3.76. The highest BCUT2D eigenvalue weighted by molar-refractivity contribution is 5.83. The number of benzene rings is 1. The average molecular weight is 404 g/mol. The predicted octanol–water partition coefficient (Wildman–Crippen LogP) is 3.13. The summed E-state index contributed by atoms with van der Waals surface area (Å²) in [7, 11) is 0. The standard InChI is InChI=1S/C21H20N6O3/c28-21(29)25-8-6-17(7-9-25)30-18-2-4-20(23-12-18)26-10-5-15-11-16(1-3-19(15)26)27-14-22-13-24-27/h1-5,10-14,17H,6-9H2,(H,28,29). The molecule has 1 fully saturated rings. The number of hydrogen-bond acceptors (Lipinski definition) is 5. The van der Waals surface area contributed by atoms with Crippen molar-refractivity contribution in [2.45, 2.75) is 18.9 Å². The van der Waals surface area contributed by atoms with E-state index in [2.05, 4.69) is 21.1 Å². The third-order valence-electron chi connectivity index (χ3n) is 5.34. The summed E-state index contributed by atoms with van der Waals surface area (Å²) >= 11 is 0. The van der Waals surface area contributed by atoms with Gasteiger partial charge in [-0.3, -0.25) is 0 Å². The molecular weight excluding hydrogens is 384 g/mol. The molecule has 1 saturated heterocycles. The summed E-state index contributed by atoms with van der Waals surface area (Å²) < 4.78 is 9.74. The molecule has 1 N–H and O–H groups in total. The first kappa shape index (κ1) is 18.2. The molecule has 0 unspecified atom stereocenters. The van der Waals surface area contributed by atoms with Gasteiger partial charge in [-0.05, 0) is 36.4 Å². The molecule has 9 heteroatoms. The highest BCUT2D eigenvalue weighted by Crippen LogP contribution is 2.24. The fraction of sp³-hybridized carbons (Fsp3) is 0.238. The van der Waals surface area contributed by atoms with Crippen LogP contribution in [0.25, 0.3) is 22.4 Å². The number of carboxylic acid groups (broad SMARTS) is 1. The van der Waals surface area contributed by atoms with Crippen molar-refractivity contribution in [1.82, 2.24) is 29.2 Å². The van der Waals surface area contributed by atoms with Crippen LogP contribution in [0.5, 0.6) is 5.75 Å². The van der Waals surface area contributed by atoms with Gasteiger partial charge in [0.25, 0.3) is 0 Å². The molecular formula is C21H20N6O3. The van der Waals surface area contributed by atoms with E-state index >= 15 is 0 Å². The molecule has 4 heterocycles. The summed E-state index contributed by atoms with van der Waals surface area (Å²) in [5.74, 6) is 1.49. The van der Waals surface area contributed by atoms with Crippen molar-refractivity contribution in [2.75, 3.05) is 13.1 Å². The molecule has 0 radical (unpaired) electrons. The van der Waals surface area contributed by atoms with Crippen LogP contribution in [0.15, 0.2) is 61.4 Å². The molecule has 1 aliphatic rings. The molecule has 9 nitrogen and oxygen atoms in total. The van der Waals surface area contributed by atoms with Gasteiger partial charge in [0.05, 0.1) is 17.4 Å². The molecule has 30 heavy (non-hydrogen) atoms. The lowest BCUT2D eigenvalue weighted by Crippen LogP contribution is -2.41. The van der Waals surface area contributed by atoms with E-state index in [0.29, 0.717) is 31.7 Å². The summed E-state index contributed by atoms with van der Waals surface area (Å²) in [5, 5.41) is 14.3. The monoisotopic (exact) mass is 404 g/mol. The minimum atomic E-state index is -0.869. The van der Waals surface area contributed by atoms with Gasteiger partial charge in [0.1, 0.15) is 30.3 Å². The van der Waals surface area contributed by atoms with Gasteiger partial charge in [0.15, 0.2) is 0 Å². The van der Waals surface area contributed by atoms with E-state index < -0.39 is 6.09 Å². The highest BCUT2D eigenvalue weighted by Gasteiger charge is 2.23. The summed E-state index contributed by atoms with van der Waals surface area (Å²) in [6.45, 7) is 0.995. The maximum atomic E-state index is 11.0. The van der Waals surface area contributed by atoms with E-state index in [1.54, 1.807) is 17.2 Å². The molecule has 0 atom stereocenters. The molecule has 1 aromatic carbocycles. The van der Waals surface area contributed by atoms with Crippen molar-refractivity contribution < 1.29 is 14.6 Å². The van der Waals surface area contributed by atoms with Crippen LogP contribution in [0.4, 0.5) is 4.79 Å². The molecule has 152 valence electrons. The average Bonchev–Trinajstić information content (AvgIpc) is 3.44. The zero-order valence-corrected chi connectivity index (χ0v) is 16.1. The van der Waals surface area contributed by atoms with Crippen LogP contribution in [0, 0.1) is 0 Å². The van der Waals surface area contributed by atoms with E-state index in [-0.39, 0.29) is 6.10 Å². The normalized spacial score (nSPS) is 14.9. The smallest absolute Gasteiger partial charge is 0.407 e. The minimum Gasteiger partial charge on any atom is -0.489 e. The molecule has 0 saturated carbocycles. The van der Waals surface area contributed by atoms with Crippen LogP contribution in [0.3, 0.4) is 0 Å². The van der Waals surface area contributed by atoms with Crippen LogP contribution in [0.1, 0.15) is 12.8 Å². The van der Waals surface area contributed by atoms with Gasteiger partial charge >= 0.3 is 6.09 Å². The van der Waals surface area contributed by atoms with E-state index in [9.17, 15) is 4.79 Å². The number of nitrogens with zero attached hydrogens (tertiary/aromatic N) is 6. The summed E-state index contributed by atoms with van der Waals surface area (Å²) in [6.07, 6.45) is 7.40. The van der Waals surface area contributed by atoms with Crippen LogP contribution in [-0.4, -0.2) is 59.6 Å². The van der Waals surface area contributed by atoms with Crippen LogP contribution in [-0.2, 0) is 0 Å². The SMILES string of the molecule is O=C(O)N1CCC(Oc2ccc(-n3ccc4cc(-n5cncn5)ccc43)nc2)CC1. The number of hydrogen-bond donors (Lipinski definition) is 1. The Kier molecular flexibility index (Phi) is 4.55. The lowest BCUT2D eigenvalue weighted by molar-refractivity contribution is 0.0893. The molecule has 4 aromatic rings. The number of likely N-dealkylation sites (tertiary alicyclic amines) is 1. The number of amides is 1. The number of piperidine rings is 1. The van der Waals surface area contributed by atoms with E-state index in [4.69, 9.17) is 9.84 Å². The Morgan fingerprint density at radius 3 is 2.70 bits per heavy atom. The zero-order chi connectivity index (χ0) is 20.5. The Balaban J connectivity index is 1.31. The van der Waals surface area contributed by atoms with Crippen molar-refractivity contribution in [2.24, 2.45) is 0 Å². The number of rotatable bonds is 4.